The van der Waals surface area contributed by atoms with E-state index in [1.807, 2.05) is 0 Å². The maximum Gasteiger partial charge on any atom is 0.0707 e. The Bertz CT molecular complexity index is 187. The van der Waals surface area contributed by atoms with Crippen molar-refractivity contribution in [1.29, 1.82) is 0 Å². The maximum absolute atomic E-state index is 6.07. The van der Waals surface area contributed by atoms with Crippen LogP contribution in [0, 0.1) is 0 Å². The fraction of sp³-hybridized carbons (Fsp3) is 1.00. The molecule has 0 aromatic rings. The Hall–Kier alpha value is -0.120. The van der Waals surface area contributed by atoms with Crippen molar-refractivity contribution >= 4 is 0 Å². The molecule has 0 bridgehead atoms. The second-order valence-corrected chi connectivity index (χ2v) is 5.01. The molecule has 1 rings (SSSR count). The molecule has 1 aliphatic rings. The number of nitrogens with zero attached hydrogens (tertiary/aromatic N) is 1. The highest BCUT2D eigenvalue weighted by molar-refractivity contribution is 4.77. The highest BCUT2D eigenvalue weighted by atomic mass is 16.5. The monoisotopic (exact) mass is 242 g/mol. The third-order valence-electron chi connectivity index (χ3n) is 3.55. The minimum atomic E-state index is 0.449. The number of hydrogen-bond donors (Lipinski definition) is 1. The molecule has 2 unspecified atom stereocenters. The first-order valence-corrected chi connectivity index (χ1v) is 7.38. The molecule has 0 aromatic heterocycles. The van der Waals surface area contributed by atoms with E-state index in [0.29, 0.717) is 12.2 Å². The van der Waals surface area contributed by atoms with E-state index in [1.165, 1.54) is 32.2 Å². The fourth-order valence-electron chi connectivity index (χ4n) is 2.42. The number of ether oxygens (including phenoxy) is 1. The number of rotatable bonds is 9. The SMILES string of the molecule is CCCCN(CC)CC1CCC(CNCC)O1. The molecule has 0 radical (unpaired) electrons. The summed E-state index contributed by atoms with van der Waals surface area (Å²) in [7, 11) is 0. The zero-order valence-corrected chi connectivity index (χ0v) is 11.9. The van der Waals surface area contributed by atoms with Gasteiger partial charge >= 0.3 is 0 Å². The molecule has 3 nitrogen and oxygen atoms in total. The van der Waals surface area contributed by atoms with Gasteiger partial charge in [0.2, 0.25) is 0 Å². The zero-order valence-electron chi connectivity index (χ0n) is 11.9. The van der Waals surface area contributed by atoms with Gasteiger partial charge in [-0.25, -0.2) is 0 Å². The van der Waals surface area contributed by atoms with Crippen LogP contribution in [0.15, 0.2) is 0 Å². The van der Waals surface area contributed by atoms with Crippen LogP contribution in [-0.4, -0.2) is 49.8 Å². The van der Waals surface area contributed by atoms with Crippen LogP contribution in [-0.2, 0) is 4.74 Å². The summed E-state index contributed by atoms with van der Waals surface area (Å²) in [6, 6.07) is 0. The summed E-state index contributed by atoms with van der Waals surface area (Å²) in [5.41, 5.74) is 0. The topological polar surface area (TPSA) is 24.5 Å². The van der Waals surface area contributed by atoms with E-state index in [9.17, 15) is 0 Å². The van der Waals surface area contributed by atoms with E-state index in [-0.39, 0.29) is 0 Å². The highest BCUT2D eigenvalue weighted by Crippen LogP contribution is 2.20. The largest absolute Gasteiger partial charge is 0.372 e. The molecule has 0 spiro atoms. The van der Waals surface area contributed by atoms with Gasteiger partial charge in [-0.3, -0.25) is 0 Å². The average Bonchev–Trinajstić information content (AvgIpc) is 2.79. The van der Waals surface area contributed by atoms with Crippen molar-refractivity contribution < 1.29 is 4.74 Å². The van der Waals surface area contributed by atoms with Gasteiger partial charge in [-0.15, -0.1) is 0 Å². The molecule has 1 fully saturated rings. The Labute approximate surface area is 107 Å². The molecule has 3 heteroatoms. The van der Waals surface area contributed by atoms with E-state index in [4.69, 9.17) is 4.74 Å². The van der Waals surface area contributed by atoms with Crippen molar-refractivity contribution in [3.8, 4) is 0 Å². The Morgan fingerprint density at radius 2 is 1.94 bits per heavy atom. The molecule has 0 saturated carbocycles. The summed E-state index contributed by atoms with van der Waals surface area (Å²) in [4.78, 5) is 2.53. The van der Waals surface area contributed by atoms with Gasteiger partial charge < -0.3 is 15.0 Å². The van der Waals surface area contributed by atoms with Gasteiger partial charge in [-0.1, -0.05) is 27.2 Å². The molecule has 0 aliphatic carbocycles. The third-order valence-corrected chi connectivity index (χ3v) is 3.55. The maximum atomic E-state index is 6.07. The highest BCUT2D eigenvalue weighted by Gasteiger charge is 2.25. The molecule has 1 saturated heterocycles. The second-order valence-electron chi connectivity index (χ2n) is 5.01. The van der Waals surface area contributed by atoms with Gasteiger partial charge in [0.1, 0.15) is 0 Å². The third kappa shape index (κ3) is 5.84. The summed E-state index contributed by atoms with van der Waals surface area (Å²) in [6.45, 7) is 12.2. The zero-order chi connectivity index (χ0) is 12.5. The lowest BCUT2D eigenvalue weighted by Gasteiger charge is -2.24. The molecular formula is C14H30N2O. The molecule has 2 atom stereocenters. The van der Waals surface area contributed by atoms with Crippen LogP contribution >= 0.6 is 0 Å². The second kappa shape index (κ2) is 8.90. The van der Waals surface area contributed by atoms with E-state index >= 15 is 0 Å². The molecule has 17 heavy (non-hydrogen) atoms. The quantitative estimate of drug-likeness (QED) is 0.671. The number of unbranched alkanes of at least 4 members (excludes halogenated alkanes) is 1. The van der Waals surface area contributed by atoms with Crippen LogP contribution in [0.5, 0.6) is 0 Å². The lowest BCUT2D eigenvalue weighted by molar-refractivity contribution is 0.0243. The van der Waals surface area contributed by atoms with Crippen LogP contribution < -0.4 is 5.32 Å². The number of likely N-dealkylation sites (N-methyl/N-ethyl adjacent to an activating group) is 2. The minimum absolute atomic E-state index is 0.449. The van der Waals surface area contributed by atoms with Crippen LogP contribution in [0.4, 0.5) is 0 Å². The number of nitrogens with one attached hydrogen (secondary N) is 1. The van der Waals surface area contributed by atoms with E-state index < -0.39 is 0 Å². The first-order valence-electron chi connectivity index (χ1n) is 7.38. The molecule has 1 heterocycles. The van der Waals surface area contributed by atoms with Crippen LogP contribution in [0.25, 0.3) is 0 Å². The molecule has 0 amide bonds. The standard InChI is InChI=1S/C14H30N2O/c1-4-7-10-16(6-3)12-14-9-8-13(17-14)11-15-5-2/h13-15H,4-12H2,1-3H3. The lowest BCUT2D eigenvalue weighted by atomic mass is 10.2. The van der Waals surface area contributed by atoms with E-state index in [1.54, 1.807) is 0 Å². The predicted molar refractivity (Wildman–Crippen MR) is 73.5 cm³/mol. The van der Waals surface area contributed by atoms with Gasteiger partial charge in [0.15, 0.2) is 0 Å². The van der Waals surface area contributed by atoms with Crippen molar-refractivity contribution in [2.45, 2.75) is 58.7 Å². The van der Waals surface area contributed by atoms with Gasteiger partial charge in [-0.05, 0) is 38.9 Å². The average molecular weight is 242 g/mol. The van der Waals surface area contributed by atoms with Crippen LogP contribution in [0.3, 0.4) is 0 Å². The molecule has 0 aromatic carbocycles. The molecule has 1 N–H and O–H groups in total. The van der Waals surface area contributed by atoms with Crippen molar-refractivity contribution in [2.24, 2.45) is 0 Å². The van der Waals surface area contributed by atoms with Crippen molar-refractivity contribution in [1.82, 2.24) is 10.2 Å². The lowest BCUT2D eigenvalue weighted by Crippen LogP contribution is -2.34. The minimum Gasteiger partial charge on any atom is -0.372 e. The van der Waals surface area contributed by atoms with Gasteiger partial charge in [0, 0.05) is 13.1 Å². The van der Waals surface area contributed by atoms with Gasteiger partial charge in [0.25, 0.3) is 0 Å². The van der Waals surface area contributed by atoms with Crippen molar-refractivity contribution in [3.05, 3.63) is 0 Å². The first-order chi connectivity index (χ1) is 8.30. The molecular weight excluding hydrogens is 212 g/mol. The smallest absolute Gasteiger partial charge is 0.0707 e. The fourth-order valence-corrected chi connectivity index (χ4v) is 2.42. The van der Waals surface area contributed by atoms with Crippen LogP contribution in [0.2, 0.25) is 0 Å². The molecule has 102 valence electrons. The summed E-state index contributed by atoms with van der Waals surface area (Å²) in [5, 5.41) is 3.37. The van der Waals surface area contributed by atoms with Crippen LogP contribution in [0.1, 0.15) is 46.5 Å². The van der Waals surface area contributed by atoms with Gasteiger partial charge in [0.05, 0.1) is 12.2 Å². The Morgan fingerprint density at radius 1 is 1.18 bits per heavy atom. The van der Waals surface area contributed by atoms with Crippen molar-refractivity contribution in [2.75, 3.05) is 32.7 Å². The molecule has 1 aliphatic heterocycles. The van der Waals surface area contributed by atoms with Crippen molar-refractivity contribution in [3.63, 3.8) is 0 Å². The van der Waals surface area contributed by atoms with E-state index in [2.05, 4.69) is 31.0 Å². The summed E-state index contributed by atoms with van der Waals surface area (Å²) in [5.74, 6) is 0. The summed E-state index contributed by atoms with van der Waals surface area (Å²) >= 11 is 0. The number of hydrogen-bond acceptors (Lipinski definition) is 3. The summed E-state index contributed by atoms with van der Waals surface area (Å²) in [6.07, 6.45) is 5.97. The predicted octanol–water partition coefficient (Wildman–Crippen LogP) is 2.27. The van der Waals surface area contributed by atoms with Gasteiger partial charge in [-0.2, -0.15) is 0 Å². The Morgan fingerprint density at radius 3 is 2.59 bits per heavy atom. The Kier molecular flexibility index (Phi) is 7.82. The first kappa shape index (κ1) is 14.9. The Balaban J connectivity index is 2.18. The normalized spacial score (nSPS) is 24.7. The summed E-state index contributed by atoms with van der Waals surface area (Å²) < 4.78 is 6.07. The van der Waals surface area contributed by atoms with E-state index in [0.717, 1.165) is 26.2 Å².